The maximum absolute atomic E-state index is 10.8. The van der Waals surface area contributed by atoms with Gasteiger partial charge in [0.15, 0.2) is 12.1 Å². The van der Waals surface area contributed by atoms with E-state index in [2.05, 4.69) is 55.5 Å². The lowest BCUT2D eigenvalue weighted by Crippen LogP contribution is -1.96. The minimum Gasteiger partial charge on any atom is -0.295 e. The molecule has 128 valence electrons. The van der Waals surface area contributed by atoms with Crippen LogP contribution in [0.15, 0.2) is 48.6 Å². The van der Waals surface area contributed by atoms with Gasteiger partial charge in [-0.05, 0) is 44.9 Å². The summed E-state index contributed by atoms with van der Waals surface area (Å²) >= 11 is 0. The van der Waals surface area contributed by atoms with E-state index in [-0.39, 0.29) is 5.78 Å². The highest BCUT2D eigenvalue weighted by molar-refractivity contribution is 6.24. The Morgan fingerprint density at radius 1 is 0.696 bits per heavy atom. The van der Waals surface area contributed by atoms with Gasteiger partial charge in [-0.25, -0.2) is 0 Å². The molecule has 0 radical (unpaired) electrons. The largest absolute Gasteiger partial charge is 0.295 e. The third-order valence-corrected chi connectivity index (χ3v) is 3.38. The van der Waals surface area contributed by atoms with Crippen LogP contribution in [0, 0.1) is 0 Å². The molecule has 0 rings (SSSR count). The molecule has 23 heavy (non-hydrogen) atoms. The van der Waals surface area contributed by atoms with Gasteiger partial charge in [0.1, 0.15) is 0 Å². The number of unbranched alkanes of at least 4 members (excludes halogenated alkanes) is 4. The SMILES string of the molecule is CCCCC/C=C\C/C=C\C/C=C\C/C=C\CCCC(=O)C=O. The summed E-state index contributed by atoms with van der Waals surface area (Å²) in [6, 6.07) is 0. The second-order valence-corrected chi connectivity index (χ2v) is 5.56. The van der Waals surface area contributed by atoms with E-state index in [0.717, 1.165) is 32.1 Å². The summed E-state index contributed by atoms with van der Waals surface area (Å²) in [5, 5.41) is 0. The predicted octanol–water partition coefficient (Wildman–Crippen LogP) is 5.90. The zero-order valence-corrected chi connectivity index (χ0v) is 14.6. The van der Waals surface area contributed by atoms with E-state index in [0.29, 0.717) is 12.7 Å². The molecule has 0 aromatic heterocycles. The monoisotopic (exact) mass is 316 g/mol. The van der Waals surface area contributed by atoms with Crippen molar-refractivity contribution in [2.24, 2.45) is 0 Å². The van der Waals surface area contributed by atoms with Gasteiger partial charge in [-0.2, -0.15) is 0 Å². The molecule has 0 aliphatic heterocycles. The standard InChI is InChI=1S/C21H32O2/c1-2-3-4-5-6-7-8-9-10-11-12-13-14-15-16-17-18-19-21(23)20-22/h6-7,9-10,12-13,15-16,20H,2-5,8,11,14,17-19H2,1H3/b7-6-,10-9-,13-12-,16-15-. The van der Waals surface area contributed by atoms with Crippen LogP contribution in [0.4, 0.5) is 0 Å². The number of ketones is 1. The summed E-state index contributed by atoms with van der Waals surface area (Å²) in [4.78, 5) is 20.9. The van der Waals surface area contributed by atoms with Crippen LogP contribution in [0.1, 0.15) is 71.1 Å². The third-order valence-electron chi connectivity index (χ3n) is 3.38. The van der Waals surface area contributed by atoms with E-state index in [1.54, 1.807) is 0 Å². The first-order chi connectivity index (χ1) is 11.3. The Balaban J connectivity index is 3.44. The fraction of sp³-hybridized carbons (Fsp3) is 0.524. The molecule has 0 N–H and O–H groups in total. The molecule has 0 aliphatic carbocycles. The number of carbonyl (C=O) groups excluding carboxylic acids is 2. The summed E-state index contributed by atoms with van der Waals surface area (Å²) in [6.45, 7) is 2.23. The van der Waals surface area contributed by atoms with Crippen molar-refractivity contribution < 1.29 is 9.59 Å². The highest BCUT2D eigenvalue weighted by Gasteiger charge is 1.95. The Kier molecular flexibility index (Phi) is 17.0. The number of carbonyl (C=O) groups is 2. The Morgan fingerprint density at radius 3 is 1.65 bits per heavy atom. The smallest absolute Gasteiger partial charge is 0.195 e. The average Bonchev–Trinajstić information content (AvgIpc) is 2.57. The average molecular weight is 316 g/mol. The van der Waals surface area contributed by atoms with Crippen LogP contribution in [0.25, 0.3) is 0 Å². The van der Waals surface area contributed by atoms with Gasteiger partial charge in [-0.15, -0.1) is 0 Å². The molecule has 0 heterocycles. The molecule has 0 saturated heterocycles. The number of rotatable bonds is 15. The van der Waals surface area contributed by atoms with Crippen LogP contribution in [0.2, 0.25) is 0 Å². The molecule has 0 spiro atoms. The minimum absolute atomic E-state index is 0.305. The molecule has 0 fully saturated rings. The first kappa shape index (κ1) is 21.3. The summed E-state index contributed by atoms with van der Waals surface area (Å²) in [7, 11) is 0. The lowest BCUT2D eigenvalue weighted by molar-refractivity contribution is -0.129. The van der Waals surface area contributed by atoms with Crippen molar-refractivity contribution in [1.82, 2.24) is 0 Å². The normalized spacial score (nSPS) is 12.2. The lowest BCUT2D eigenvalue weighted by atomic mass is 10.2. The van der Waals surface area contributed by atoms with E-state index in [1.807, 2.05) is 0 Å². The van der Waals surface area contributed by atoms with Gasteiger partial charge in [0.2, 0.25) is 0 Å². The zero-order chi connectivity index (χ0) is 17.0. The van der Waals surface area contributed by atoms with Crippen molar-refractivity contribution in [2.75, 3.05) is 0 Å². The molecule has 0 aromatic rings. The van der Waals surface area contributed by atoms with Crippen molar-refractivity contribution in [3.8, 4) is 0 Å². The van der Waals surface area contributed by atoms with Gasteiger partial charge in [0.05, 0.1) is 0 Å². The van der Waals surface area contributed by atoms with Crippen LogP contribution in [-0.4, -0.2) is 12.1 Å². The molecular formula is C21H32O2. The number of hydrogen-bond donors (Lipinski definition) is 0. The zero-order valence-electron chi connectivity index (χ0n) is 14.6. The van der Waals surface area contributed by atoms with E-state index in [4.69, 9.17) is 0 Å². The Hall–Kier alpha value is -1.70. The summed E-state index contributed by atoms with van der Waals surface area (Å²) in [5.41, 5.74) is 0. The van der Waals surface area contributed by atoms with Crippen LogP contribution in [0.5, 0.6) is 0 Å². The number of hydrogen-bond acceptors (Lipinski definition) is 2. The minimum atomic E-state index is -0.305. The van der Waals surface area contributed by atoms with Crippen LogP contribution in [0.3, 0.4) is 0 Å². The first-order valence-corrected chi connectivity index (χ1v) is 8.89. The van der Waals surface area contributed by atoms with Crippen LogP contribution in [-0.2, 0) is 9.59 Å². The number of allylic oxidation sites excluding steroid dienone is 8. The molecule has 2 nitrogen and oxygen atoms in total. The maximum atomic E-state index is 10.8. The molecule has 0 bridgehead atoms. The quantitative estimate of drug-likeness (QED) is 0.163. The molecule has 0 amide bonds. The Labute approximate surface area is 142 Å². The highest BCUT2D eigenvalue weighted by atomic mass is 16.2. The van der Waals surface area contributed by atoms with Crippen LogP contribution >= 0.6 is 0 Å². The van der Waals surface area contributed by atoms with Gasteiger partial charge < -0.3 is 0 Å². The highest BCUT2D eigenvalue weighted by Crippen LogP contribution is 2.01. The lowest BCUT2D eigenvalue weighted by Gasteiger charge is -1.90. The van der Waals surface area contributed by atoms with Gasteiger partial charge in [-0.1, -0.05) is 68.4 Å². The molecule has 2 heteroatoms. The Morgan fingerprint density at radius 2 is 1.17 bits per heavy atom. The Bertz CT molecular complexity index is 400. The van der Waals surface area contributed by atoms with Crippen molar-refractivity contribution in [1.29, 1.82) is 0 Å². The van der Waals surface area contributed by atoms with Crippen molar-refractivity contribution in [2.45, 2.75) is 71.1 Å². The van der Waals surface area contributed by atoms with Crippen molar-refractivity contribution >= 4 is 12.1 Å². The molecule has 0 aromatic carbocycles. The van der Waals surface area contributed by atoms with E-state index < -0.39 is 0 Å². The number of Topliss-reactive ketones (excluding diaryl/α,β-unsaturated/α-hetero) is 1. The van der Waals surface area contributed by atoms with Gasteiger partial charge >= 0.3 is 0 Å². The fourth-order valence-corrected chi connectivity index (χ4v) is 2.01. The summed E-state index contributed by atoms with van der Waals surface area (Å²) in [5.74, 6) is -0.305. The molecule has 0 atom stereocenters. The van der Waals surface area contributed by atoms with Gasteiger partial charge in [0, 0.05) is 6.42 Å². The van der Waals surface area contributed by atoms with E-state index in [1.165, 1.54) is 25.7 Å². The van der Waals surface area contributed by atoms with Crippen molar-refractivity contribution in [3.05, 3.63) is 48.6 Å². The summed E-state index contributed by atoms with van der Waals surface area (Å²) < 4.78 is 0. The third kappa shape index (κ3) is 18.3. The van der Waals surface area contributed by atoms with E-state index >= 15 is 0 Å². The second kappa shape index (κ2) is 18.3. The topological polar surface area (TPSA) is 34.1 Å². The maximum Gasteiger partial charge on any atom is 0.195 e. The predicted molar refractivity (Wildman–Crippen MR) is 99.5 cm³/mol. The molecular weight excluding hydrogens is 284 g/mol. The summed E-state index contributed by atoms with van der Waals surface area (Å²) in [6.07, 6.45) is 27.9. The molecule has 0 unspecified atom stereocenters. The van der Waals surface area contributed by atoms with Crippen molar-refractivity contribution in [3.63, 3.8) is 0 Å². The number of aldehydes is 1. The van der Waals surface area contributed by atoms with E-state index in [9.17, 15) is 9.59 Å². The molecule has 0 saturated carbocycles. The fourth-order valence-electron chi connectivity index (χ4n) is 2.01. The van der Waals surface area contributed by atoms with Gasteiger partial charge in [-0.3, -0.25) is 9.59 Å². The van der Waals surface area contributed by atoms with Gasteiger partial charge in [0.25, 0.3) is 0 Å². The molecule has 0 aliphatic rings. The first-order valence-electron chi connectivity index (χ1n) is 8.89. The second-order valence-electron chi connectivity index (χ2n) is 5.56. The van der Waals surface area contributed by atoms with Crippen LogP contribution < -0.4 is 0 Å².